The third-order valence-electron chi connectivity index (χ3n) is 5.46. The summed E-state index contributed by atoms with van der Waals surface area (Å²) < 4.78 is 5.75. The number of piperazine rings is 1. The van der Waals surface area contributed by atoms with Crippen LogP contribution >= 0.6 is 0 Å². The number of carbonyl (C=O) groups is 1. The van der Waals surface area contributed by atoms with Crippen LogP contribution in [-0.2, 0) is 9.53 Å². The fourth-order valence-electron chi connectivity index (χ4n) is 3.36. The maximum atomic E-state index is 12.5. The van der Waals surface area contributed by atoms with E-state index in [4.69, 9.17) is 4.74 Å². The third kappa shape index (κ3) is 6.24. The van der Waals surface area contributed by atoms with Crippen LogP contribution in [0, 0.1) is 13.8 Å². The van der Waals surface area contributed by atoms with Crippen LogP contribution < -0.4 is 15.8 Å². The monoisotopic (exact) mass is 429 g/mol. The van der Waals surface area contributed by atoms with Crippen molar-refractivity contribution < 1.29 is 9.53 Å². The highest BCUT2D eigenvalue weighted by Gasteiger charge is 2.22. The topological polar surface area (TPSA) is 116 Å². The summed E-state index contributed by atoms with van der Waals surface area (Å²) in [6, 6.07) is 0.0385. The van der Waals surface area contributed by atoms with Crippen LogP contribution in [0.4, 0.5) is 11.5 Å². The Balaban J connectivity index is 1.37. The normalized spacial score (nSPS) is 15.1. The summed E-state index contributed by atoms with van der Waals surface area (Å²) in [5, 5.41) is 9.54. The number of ether oxygens (including phenoxy) is 1. The van der Waals surface area contributed by atoms with E-state index in [0.717, 1.165) is 31.0 Å². The SMILES string of the molecule is CC[C@@H](COCCC(=O)N1CCN(c2cnc(C)cn2)CC1)Nc1cn[nH]c(=O)c1C. The molecule has 10 heteroatoms. The molecule has 10 nitrogen and oxygen atoms in total. The Morgan fingerprint density at radius 3 is 2.65 bits per heavy atom. The average Bonchev–Trinajstić information content (AvgIpc) is 2.79. The number of H-pyrrole nitrogens is 1. The van der Waals surface area contributed by atoms with E-state index >= 15 is 0 Å². The molecular weight excluding hydrogens is 398 g/mol. The molecule has 1 saturated heterocycles. The van der Waals surface area contributed by atoms with Crippen LogP contribution in [0.25, 0.3) is 0 Å². The van der Waals surface area contributed by atoms with E-state index in [2.05, 4.69) is 30.4 Å². The van der Waals surface area contributed by atoms with Gasteiger partial charge in [0.2, 0.25) is 5.91 Å². The minimum atomic E-state index is -0.208. The van der Waals surface area contributed by atoms with Crippen molar-refractivity contribution in [1.82, 2.24) is 25.1 Å². The number of aromatic nitrogens is 4. The molecule has 3 rings (SSSR count). The van der Waals surface area contributed by atoms with Crippen LogP contribution in [-0.4, -0.2) is 76.4 Å². The number of aryl methyl sites for hydroxylation is 1. The summed E-state index contributed by atoms with van der Waals surface area (Å²) in [6.45, 7) is 9.36. The van der Waals surface area contributed by atoms with Crippen molar-refractivity contribution in [3.05, 3.63) is 40.2 Å². The van der Waals surface area contributed by atoms with Crippen molar-refractivity contribution >= 4 is 17.4 Å². The van der Waals surface area contributed by atoms with Gasteiger partial charge >= 0.3 is 0 Å². The summed E-state index contributed by atoms with van der Waals surface area (Å²) >= 11 is 0. The van der Waals surface area contributed by atoms with Gasteiger partial charge in [-0.15, -0.1) is 0 Å². The van der Waals surface area contributed by atoms with Crippen molar-refractivity contribution in [3.8, 4) is 0 Å². The molecule has 2 aromatic rings. The van der Waals surface area contributed by atoms with Gasteiger partial charge in [-0.3, -0.25) is 14.6 Å². The van der Waals surface area contributed by atoms with Crippen LogP contribution in [0.5, 0.6) is 0 Å². The van der Waals surface area contributed by atoms with Crippen LogP contribution in [0.3, 0.4) is 0 Å². The Kier molecular flexibility index (Phi) is 7.94. The maximum absolute atomic E-state index is 12.5. The van der Waals surface area contributed by atoms with Crippen molar-refractivity contribution in [2.45, 2.75) is 39.7 Å². The number of rotatable bonds is 9. The number of nitrogens with zero attached hydrogens (tertiary/aromatic N) is 5. The zero-order valence-corrected chi connectivity index (χ0v) is 18.4. The first-order valence-corrected chi connectivity index (χ1v) is 10.7. The minimum Gasteiger partial charge on any atom is -0.379 e. The van der Waals surface area contributed by atoms with Crippen molar-refractivity contribution in [2.75, 3.05) is 49.6 Å². The van der Waals surface area contributed by atoms with E-state index in [0.29, 0.717) is 44.0 Å². The molecule has 0 bridgehead atoms. The molecule has 2 N–H and O–H groups in total. The molecular formula is C21H31N7O3. The minimum absolute atomic E-state index is 0.0385. The first-order valence-electron chi connectivity index (χ1n) is 10.7. The second kappa shape index (κ2) is 10.9. The maximum Gasteiger partial charge on any atom is 0.269 e. The number of aromatic amines is 1. The summed E-state index contributed by atoms with van der Waals surface area (Å²) in [6.07, 6.45) is 6.32. The number of hydrogen-bond acceptors (Lipinski definition) is 8. The quantitative estimate of drug-likeness (QED) is 0.570. The highest BCUT2D eigenvalue weighted by molar-refractivity contribution is 5.76. The van der Waals surface area contributed by atoms with Gasteiger partial charge in [0.25, 0.3) is 5.56 Å². The Hall–Kier alpha value is -3.01. The van der Waals surface area contributed by atoms with Crippen molar-refractivity contribution in [3.63, 3.8) is 0 Å². The Morgan fingerprint density at radius 1 is 1.19 bits per heavy atom. The van der Waals surface area contributed by atoms with Gasteiger partial charge in [0, 0.05) is 37.8 Å². The number of nitrogens with one attached hydrogen (secondary N) is 2. The second-order valence-corrected chi connectivity index (χ2v) is 7.70. The Morgan fingerprint density at radius 2 is 1.97 bits per heavy atom. The molecule has 0 unspecified atom stereocenters. The largest absolute Gasteiger partial charge is 0.379 e. The van der Waals surface area contributed by atoms with E-state index in [9.17, 15) is 9.59 Å². The van der Waals surface area contributed by atoms with Gasteiger partial charge in [-0.1, -0.05) is 6.92 Å². The molecule has 1 fully saturated rings. The summed E-state index contributed by atoms with van der Waals surface area (Å²) in [4.78, 5) is 36.9. The standard InChI is InChI=1S/C21H31N7O3/c1-4-17(25-18-12-24-26-21(30)16(18)3)14-31-10-5-20(29)28-8-6-27(7-9-28)19-13-22-15(2)11-23-19/h11-13,17H,4-10,14H2,1-3H3,(H2,25,26,30)/t17-/m0/s1. The molecule has 0 spiro atoms. The smallest absolute Gasteiger partial charge is 0.269 e. The van der Waals surface area contributed by atoms with Crippen molar-refractivity contribution in [1.29, 1.82) is 0 Å². The zero-order valence-electron chi connectivity index (χ0n) is 18.4. The summed E-state index contributed by atoms with van der Waals surface area (Å²) in [5.41, 5.74) is 1.98. The molecule has 31 heavy (non-hydrogen) atoms. The van der Waals surface area contributed by atoms with Gasteiger partial charge in [-0.2, -0.15) is 5.10 Å². The van der Waals surface area contributed by atoms with E-state index < -0.39 is 0 Å². The second-order valence-electron chi connectivity index (χ2n) is 7.70. The molecule has 1 aliphatic rings. The van der Waals surface area contributed by atoms with Crippen LogP contribution in [0.1, 0.15) is 31.0 Å². The molecule has 0 aliphatic carbocycles. The molecule has 0 saturated carbocycles. The highest BCUT2D eigenvalue weighted by Crippen LogP contribution is 2.13. The van der Waals surface area contributed by atoms with Gasteiger partial charge in [-0.05, 0) is 20.3 Å². The van der Waals surface area contributed by atoms with E-state index in [-0.39, 0.29) is 17.5 Å². The van der Waals surface area contributed by atoms with Gasteiger partial charge in [-0.25, -0.2) is 10.1 Å². The zero-order chi connectivity index (χ0) is 22.2. The lowest BCUT2D eigenvalue weighted by Gasteiger charge is -2.35. The van der Waals surface area contributed by atoms with E-state index in [1.165, 1.54) is 0 Å². The summed E-state index contributed by atoms with van der Waals surface area (Å²) in [5.74, 6) is 0.954. The fraction of sp³-hybridized carbons (Fsp3) is 0.571. The van der Waals surface area contributed by atoms with Crippen LogP contribution in [0.15, 0.2) is 23.4 Å². The lowest BCUT2D eigenvalue weighted by Crippen LogP contribution is -2.49. The molecule has 2 aromatic heterocycles. The molecule has 3 heterocycles. The number of anilines is 2. The van der Waals surface area contributed by atoms with Gasteiger partial charge in [0.15, 0.2) is 0 Å². The van der Waals surface area contributed by atoms with E-state index in [1.54, 1.807) is 25.5 Å². The first-order chi connectivity index (χ1) is 15.0. The fourth-order valence-corrected chi connectivity index (χ4v) is 3.36. The highest BCUT2D eigenvalue weighted by atomic mass is 16.5. The predicted octanol–water partition coefficient (Wildman–Crippen LogP) is 1.12. The summed E-state index contributed by atoms with van der Waals surface area (Å²) in [7, 11) is 0. The van der Waals surface area contributed by atoms with Gasteiger partial charge < -0.3 is 19.9 Å². The molecule has 1 amide bonds. The Labute approximate surface area is 182 Å². The predicted molar refractivity (Wildman–Crippen MR) is 118 cm³/mol. The molecule has 1 atom stereocenters. The third-order valence-corrected chi connectivity index (χ3v) is 5.46. The van der Waals surface area contributed by atoms with E-state index in [1.807, 2.05) is 18.7 Å². The average molecular weight is 430 g/mol. The number of amides is 1. The van der Waals surface area contributed by atoms with Gasteiger partial charge in [0.05, 0.1) is 49.6 Å². The first kappa shape index (κ1) is 22.7. The number of hydrogen-bond donors (Lipinski definition) is 2. The molecule has 168 valence electrons. The lowest BCUT2D eigenvalue weighted by atomic mass is 10.2. The lowest BCUT2D eigenvalue weighted by molar-refractivity contribution is -0.132. The Bertz CT molecular complexity index is 908. The van der Waals surface area contributed by atoms with Crippen LogP contribution in [0.2, 0.25) is 0 Å². The molecule has 0 radical (unpaired) electrons. The molecule has 1 aliphatic heterocycles. The number of carbonyl (C=O) groups excluding carboxylic acids is 1. The molecule has 0 aromatic carbocycles. The van der Waals surface area contributed by atoms with Gasteiger partial charge in [0.1, 0.15) is 5.82 Å². The van der Waals surface area contributed by atoms with Crippen molar-refractivity contribution in [2.24, 2.45) is 0 Å².